The van der Waals surface area contributed by atoms with Gasteiger partial charge in [-0.25, -0.2) is 0 Å². The van der Waals surface area contributed by atoms with E-state index >= 15 is 0 Å². The second-order valence-corrected chi connectivity index (χ2v) is 11.8. The van der Waals surface area contributed by atoms with Gasteiger partial charge in [0.05, 0.1) is 12.0 Å². The van der Waals surface area contributed by atoms with Gasteiger partial charge in [-0.05, 0) is 87.4 Å². The first kappa shape index (κ1) is 25.1. The maximum absolute atomic E-state index is 13.3. The molecule has 0 radical (unpaired) electrons. The van der Waals surface area contributed by atoms with Crippen LogP contribution in [-0.2, 0) is 9.53 Å². The van der Waals surface area contributed by atoms with Crippen LogP contribution in [-0.4, -0.2) is 12.6 Å². The Morgan fingerprint density at radius 1 is 0.774 bits per heavy atom. The summed E-state index contributed by atoms with van der Waals surface area (Å²) in [5.41, 5.74) is -0.160. The van der Waals surface area contributed by atoms with Crippen LogP contribution in [0.25, 0.3) is 0 Å². The fourth-order valence-corrected chi connectivity index (χ4v) is 7.14. The van der Waals surface area contributed by atoms with Gasteiger partial charge in [0, 0.05) is 0 Å². The highest BCUT2D eigenvalue weighted by Gasteiger charge is 2.44. The van der Waals surface area contributed by atoms with Crippen molar-refractivity contribution >= 4 is 5.97 Å². The lowest BCUT2D eigenvalue weighted by Crippen LogP contribution is -2.39. The molecular formula is C29H52O2. The summed E-state index contributed by atoms with van der Waals surface area (Å²) in [5, 5.41) is 0. The zero-order chi connectivity index (χ0) is 22.1. The second-order valence-electron chi connectivity index (χ2n) is 11.8. The summed E-state index contributed by atoms with van der Waals surface area (Å²) in [4.78, 5) is 13.3. The SMILES string of the molecule is CCCCOC(=O)C1(CC[C@H]2CC[C@H](CCC)CC2)CCC(C2CCC(C)CC2)CC1. The summed E-state index contributed by atoms with van der Waals surface area (Å²) in [7, 11) is 0. The van der Waals surface area contributed by atoms with Crippen molar-refractivity contribution in [3.63, 3.8) is 0 Å². The molecule has 3 fully saturated rings. The lowest BCUT2D eigenvalue weighted by Gasteiger charge is -2.43. The predicted molar refractivity (Wildman–Crippen MR) is 131 cm³/mol. The Balaban J connectivity index is 1.53. The number of carbonyl (C=O) groups is 1. The van der Waals surface area contributed by atoms with Crippen molar-refractivity contribution in [1.29, 1.82) is 0 Å². The second kappa shape index (κ2) is 12.6. The molecule has 2 nitrogen and oxygen atoms in total. The van der Waals surface area contributed by atoms with Crippen molar-refractivity contribution in [2.45, 2.75) is 136 Å². The summed E-state index contributed by atoms with van der Waals surface area (Å²) < 4.78 is 5.87. The zero-order valence-corrected chi connectivity index (χ0v) is 21.1. The van der Waals surface area contributed by atoms with Crippen LogP contribution in [0.4, 0.5) is 0 Å². The molecule has 0 heterocycles. The molecular weight excluding hydrogens is 380 g/mol. The van der Waals surface area contributed by atoms with Crippen LogP contribution in [0, 0.1) is 35.0 Å². The van der Waals surface area contributed by atoms with Crippen molar-refractivity contribution in [3.05, 3.63) is 0 Å². The van der Waals surface area contributed by atoms with Crippen molar-refractivity contribution in [2.75, 3.05) is 6.61 Å². The standard InChI is InChI=1S/C29H52O2/c1-4-6-22-31-28(30)29(19-16-25-12-10-24(7-5-2)11-13-25)20-17-27(18-21-29)26-14-8-23(3)9-15-26/h23-27H,4-22H2,1-3H3/t23?,24-,25-,26?,27?,29?. The van der Waals surface area contributed by atoms with E-state index in [1.54, 1.807) is 0 Å². The predicted octanol–water partition coefficient (Wildman–Crippen LogP) is 8.72. The number of esters is 1. The first-order chi connectivity index (χ1) is 15.1. The molecule has 0 aromatic rings. The van der Waals surface area contributed by atoms with E-state index < -0.39 is 0 Å². The number of rotatable bonds is 10. The molecule has 0 aliphatic heterocycles. The van der Waals surface area contributed by atoms with E-state index in [2.05, 4.69) is 20.8 Å². The van der Waals surface area contributed by atoms with Crippen molar-refractivity contribution in [1.82, 2.24) is 0 Å². The Kier molecular flexibility index (Phi) is 10.2. The maximum atomic E-state index is 13.3. The highest BCUT2D eigenvalue weighted by Crippen LogP contribution is 2.49. The highest BCUT2D eigenvalue weighted by molar-refractivity contribution is 5.77. The summed E-state index contributed by atoms with van der Waals surface area (Å²) in [6, 6.07) is 0. The number of carbonyl (C=O) groups excluding carboxylic acids is 1. The Morgan fingerprint density at radius 2 is 1.35 bits per heavy atom. The van der Waals surface area contributed by atoms with E-state index in [0.717, 1.165) is 61.7 Å². The van der Waals surface area contributed by atoms with Crippen LogP contribution in [0.3, 0.4) is 0 Å². The quantitative estimate of drug-likeness (QED) is 0.255. The molecule has 0 N–H and O–H groups in total. The molecule has 3 rings (SSSR count). The Labute approximate surface area is 193 Å². The van der Waals surface area contributed by atoms with E-state index in [4.69, 9.17) is 4.74 Å². The minimum atomic E-state index is -0.160. The first-order valence-electron chi connectivity index (χ1n) is 14.2. The van der Waals surface area contributed by atoms with Crippen molar-refractivity contribution in [2.24, 2.45) is 35.0 Å². The fraction of sp³-hybridized carbons (Fsp3) is 0.966. The first-order valence-corrected chi connectivity index (χ1v) is 14.2. The lowest BCUT2D eigenvalue weighted by atomic mass is 9.62. The monoisotopic (exact) mass is 432 g/mol. The Morgan fingerprint density at radius 3 is 1.94 bits per heavy atom. The van der Waals surface area contributed by atoms with E-state index in [9.17, 15) is 4.79 Å². The van der Waals surface area contributed by atoms with Crippen LogP contribution in [0.15, 0.2) is 0 Å². The van der Waals surface area contributed by atoms with Crippen LogP contribution in [0.2, 0.25) is 0 Å². The average molecular weight is 433 g/mol. The summed E-state index contributed by atoms with van der Waals surface area (Å²) in [6.45, 7) is 7.55. The zero-order valence-electron chi connectivity index (χ0n) is 21.1. The molecule has 0 saturated heterocycles. The van der Waals surface area contributed by atoms with Gasteiger partial charge in [0.15, 0.2) is 0 Å². The number of unbranched alkanes of at least 4 members (excludes halogenated alkanes) is 1. The van der Waals surface area contributed by atoms with Gasteiger partial charge in [-0.15, -0.1) is 0 Å². The molecule has 0 aromatic heterocycles. The third-order valence-electron chi connectivity index (χ3n) is 9.57. The number of ether oxygens (including phenoxy) is 1. The van der Waals surface area contributed by atoms with E-state index in [-0.39, 0.29) is 11.4 Å². The van der Waals surface area contributed by atoms with Gasteiger partial charge >= 0.3 is 5.97 Å². The highest BCUT2D eigenvalue weighted by atomic mass is 16.5. The molecule has 180 valence electrons. The molecule has 0 bridgehead atoms. The molecule has 2 heteroatoms. The normalized spacial score (nSPS) is 36.8. The summed E-state index contributed by atoms with van der Waals surface area (Å²) in [6.07, 6.45) is 23.3. The number of hydrogen-bond donors (Lipinski definition) is 0. The molecule has 0 unspecified atom stereocenters. The van der Waals surface area contributed by atoms with Gasteiger partial charge in [0.25, 0.3) is 0 Å². The van der Waals surface area contributed by atoms with Crippen molar-refractivity contribution < 1.29 is 9.53 Å². The number of hydrogen-bond acceptors (Lipinski definition) is 2. The van der Waals surface area contributed by atoms with Gasteiger partial charge in [-0.3, -0.25) is 4.79 Å². The van der Waals surface area contributed by atoms with E-state index in [1.165, 1.54) is 83.5 Å². The van der Waals surface area contributed by atoms with Gasteiger partial charge in [0.2, 0.25) is 0 Å². The molecule has 3 aliphatic rings. The topological polar surface area (TPSA) is 26.3 Å². The van der Waals surface area contributed by atoms with Crippen LogP contribution < -0.4 is 0 Å². The minimum absolute atomic E-state index is 0.160. The molecule has 3 saturated carbocycles. The van der Waals surface area contributed by atoms with Crippen LogP contribution in [0.1, 0.15) is 136 Å². The molecule has 0 amide bonds. The molecule has 0 aromatic carbocycles. The molecule has 0 spiro atoms. The van der Waals surface area contributed by atoms with Crippen molar-refractivity contribution in [3.8, 4) is 0 Å². The van der Waals surface area contributed by atoms with Crippen LogP contribution in [0.5, 0.6) is 0 Å². The summed E-state index contributed by atoms with van der Waals surface area (Å²) >= 11 is 0. The van der Waals surface area contributed by atoms with E-state index in [0.29, 0.717) is 6.61 Å². The van der Waals surface area contributed by atoms with Crippen LogP contribution >= 0.6 is 0 Å². The van der Waals surface area contributed by atoms with Gasteiger partial charge in [0.1, 0.15) is 0 Å². The van der Waals surface area contributed by atoms with Gasteiger partial charge in [-0.1, -0.05) is 78.6 Å². The van der Waals surface area contributed by atoms with E-state index in [1.807, 2.05) is 0 Å². The average Bonchev–Trinajstić information content (AvgIpc) is 2.80. The summed E-state index contributed by atoms with van der Waals surface area (Å²) in [5.74, 6) is 4.72. The molecule has 31 heavy (non-hydrogen) atoms. The third kappa shape index (κ3) is 7.23. The smallest absolute Gasteiger partial charge is 0.312 e. The van der Waals surface area contributed by atoms with Gasteiger partial charge in [-0.2, -0.15) is 0 Å². The largest absolute Gasteiger partial charge is 0.465 e. The maximum Gasteiger partial charge on any atom is 0.312 e. The molecule has 0 atom stereocenters. The Hall–Kier alpha value is -0.530. The lowest BCUT2D eigenvalue weighted by molar-refractivity contribution is -0.160. The minimum Gasteiger partial charge on any atom is -0.465 e. The van der Waals surface area contributed by atoms with Gasteiger partial charge < -0.3 is 4.74 Å². The fourth-order valence-electron chi connectivity index (χ4n) is 7.14. The Bertz CT molecular complexity index is 503. The molecule has 3 aliphatic carbocycles. The third-order valence-corrected chi connectivity index (χ3v) is 9.57.